The lowest BCUT2D eigenvalue weighted by atomic mass is 10.3. The van der Waals surface area contributed by atoms with Gasteiger partial charge in [-0.2, -0.15) is 0 Å². The van der Waals surface area contributed by atoms with Crippen LogP contribution in [0, 0.1) is 10.1 Å². The van der Waals surface area contributed by atoms with Gasteiger partial charge in [-0.1, -0.05) is 19.1 Å². The van der Waals surface area contributed by atoms with Gasteiger partial charge in [0.1, 0.15) is 18.5 Å². The van der Waals surface area contributed by atoms with Crippen molar-refractivity contribution >= 4 is 11.8 Å². The number of nitrogens with zero attached hydrogens (tertiary/aromatic N) is 1. The van der Waals surface area contributed by atoms with Crippen LogP contribution in [0.25, 0.3) is 0 Å². The third-order valence-electron chi connectivity index (χ3n) is 3.18. The highest BCUT2D eigenvalue weighted by Crippen LogP contribution is 2.18. The fourth-order valence-corrected chi connectivity index (χ4v) is 2.02. The van der Waals surface area contributed by atoms with Crippen LogP contribution in [0.15, 0.2) is 36.4 Å². The minimum atomic E-state index is -0.901. The van der Waals surface area contributed by atoms with Gasteiger partial charge in [0.05, 0.1) is 11.5 Å². The smallest absolute Gasteiger partial charge is 0.431 e. The van der Waals surface area contributed by atoms with Crippen molar-refractivity contribution in [1.29, 1.82) is 0 Å². The second kappa shape index (κ2) is 8.99. The van der Waals surface area contributed by atoms with Gasteiger partial charge in [0.15, 0.2) is 6.29 Å². The Morgan fingerprint density at radius 2 is 2.12 bits per heavy atom. The zero-order chi connectivity index (χ0) is 17.4. The molecule has 2 atom stereocenters. The number of benzene rings is 1. The zero-order valence-corrected chi connectivity index (χ0v) is 13.3. The summed E-state index contributed by atoms with van der Waals surface area (Å²) in [4.78, 5) is 21.6. The van der Waals surface area contributed by atoms with Gasteiger partial charge in [-0.15, -0.1) is 0 Å². The molecule has 0 saturated carbocycles. The van der Waals surface area contributed by atoms with E-state index in [-0.39, 0.29) is 30.4 Å². The van der Waals surface area contributed by atoms with E-state index < -0.39 is 11.1 Å². The number of nitro groups is 1. The normalized spacial score (nSPS) is 20.2. The molecule has 1 fully saturated rings. The van der Waals surface area contributed by atoms with E-state index in [1.807, 2.05) is 19.1 Å². The average molecular weight is 337 g/mol. The summed E-state index contributed by atoms with van der Waals surface area (Å²) in [6.07, 6.45) is 4.04. The summed E-state index contributed by atoms with van der Waals surface area (Å²) in [7, 11) is 0. The molecule has 0 bridgehead atoms. The maximum atomic E-state index is 11.6. The van der Waals surface area contributed by atoms with E-state index in [2.05, 4.69) is 0 Å². The quantitative estimate of drug-likeness (QED) is 0.248. The predicted molar refractivity (Wildman–Crippen MR) is 83.7 cm³/mol. The van der Waals surface area contributed by atoms with Crippen molar-refractivity contribution in [2.45, 2.75) is 32.2 Å². The summed E-state index contributed by atoms with van der Waals surface area (Å²) in [6.45, 7) is 2.40. The molecule has 8 heteroatoms. The molecule has 1 aromatic carbocycles. The topological polar surface area (TPSA) is 97.1 Å². The molecule has 2 unspecified atom stereocenters. The van der Waals surface area contributed by atoms with Crippen molar-refractivity contribution in [2.24, 2.45) is 0 Å². The van der Waals surface area contributed by atoms with E-state index in [0.29, 0.717) is 13.0 Å². The van der Waals surface area contributed by atoms with Gasteiger partial charge in [0.25, 0.3) is 5.69 Å². The summed E-state index contributed by atoms with van der Waals surface area (Å²) in [5.41, 5.74) is -0.0876. The van der Waals surface area contributed by atoms with Crippen molar-refractivity contribution in [3.05, 3.63) is 46.5 Å². The number of hydrogen-bond acceptors (Lipinski definition) is 7. The molecule has 1 aliphatic rings. The van der Waals surface area contributed by atoms with E-state index in [1.54, 1.807) is 0 Å². The monoisotopic (exact) mass is 337 g/mol. The largest absolute Gasteiger partial charge is 0.513 e. The van der Waals surface area contributed by atoms with Crippen molar-refractivity contribution < 1.29 is 28.7 Å². The minimum Gasteiger partial charge on any atom is -0.431 e. The first kappa shape index (κ1) is 17.9. The highest BCUT2D eigenvalue weighted by Gasteiger charge is 2.26. The number of rotatable bonds is 7. The Bertz CT molecular complexity index is 585. The minimum absolute atomic E-state index is 0.0137. The zero-order valence-electron chi connectivity index (χ0n) is 13.3. The molecule has 0 N–H and O–H groups in total. The van der Waals surface area contributed by atoms with Gasteiger partial charge >= 0.3 is 6.16 Å². The van der Waals surface area contributed by atoms with Crippen LogP contribution in [0.3, 0.4) is 0 Å². The van der Waals surface area contributed by atoms with Crippen LogP contribution in [-0.4, -0.2) is 36.7 Å². The molecule has 0 spiro atoms. The van der Waals surface area contributed by atoms with Gasteiger partial charge in [0, 0.05) is 18.6 Å². The third kappa shape index (κ3) is 5.64. The summed E-state index contributed by atoms with van der Waals surface area (Å²) < 4.78 is 20.9. The summed E-state index contributed by atoms with van der Waals surface area (Å²) in [5, 5.41) is 10.5. The molecule has 0 radical (unpaired) electrons. The Balaban J connectivity index is 1.70. The second-order valence-electron chi connectivity index (χ2n) is 5.05. The Hall–Kier alpha value is -2.45. The van der Waals surface area contributed by atoms with E-state index in [4.69, 9.17) is 18.9 Å². The van der Waals surface area contributed by atoms with E-state index in [0.717, 1.165) is 6.42 Å². The number of allylic oxidation sites excluding steroid dienone is 1. The second-order valence-corrected chi connectivity index (χ2v) is 5.05. The van der Waals surface area contributed by atoms with E-state index in [1.165, 1.54) is 24.3 Å². The predicted octanol–water partition coefficient (Wildman–Crippen LogP) is 3.21. The molecule has 0 aliphatic carbocycles. The Morgan fingerprint density at radius 3 is 2.79 bits per heavy atom. The van der Waals surface area contributed by atoms with Crippen LogP contribution in [0.5, 0.6) is 5.75 Å². The van der Waals surface area contributed by atoms with Crippen molar-refractivity contribution in [3.8, 4) is 5.75 Å². The molecule has 1 saturated heterocycles. The molecular weight excluding hydrogens is 318 g/mol. The molecule has 2 rings (SSSR count). The number of hydrogen-bond donors (Lipinski definition) is 0. The summed E-state index contributed by atoms with van der Waals surface area (Å²) >= 11 is 0. The molecule has 1 heterocycles. The Kier molecular flexibility index (Phi) is 6.71. The van der Waals surface area contributed by atoms with Gasteiger partial charge in [0.2, 0.25) is 0 Å². The lowest BCUT2D eigenvalue weighted by Crippen LogP contribution is -2.23. The van der Waals surface area contributed by atoms with Crippen LogP contribution >= 0.6 is 0 Å². The van der Waals surface area contributed by atoms with E-state index >= 15 is 0 Å². The van der Waals surface area contributed by atoms with Crippen LogP contribution in [0.1, 0.15) is 19.8 Å². The lowest BCUT2D eigenvalue weighted by molar-refractivity contribution is -0.384. The number of nitro benzene ring substituents is 1. The standard InChI is InChI=1S/C16H19NO7/c1-2-3-4-5-15-21-10-14(23-15)11-22-16(18)24-13-8-6-12(7-9-13)17(19)20/h3-4,6-9,14-15H,2,5,10-11H2,1H3/b4-3-. The molecule has 1 aliphatic heterocycles. The van der Waals surface area contributed by atoms with Gasteiger partial charge in [-0.3, -0.25) is 10.1 Å². The van der Waals surface area contributed by atoms with Crippen LogP contribution in [-0.2, 0) is 14.2 Å². The first-order valence-corrected chi connectivity index (χ1v) is 7.59. The number of carbonyl (C=O) groups is 1. The van der Waals surface area contributed by atoms with Crippen LogP contribution in [0.4, 0.5) is 10.5 Å². The third-order valence-corrected chi connectivity index (χ3v) is 3.18. The first-order chi connectivity index (χ1) is 11.6. The molecule has 0 amide bonds. The van der Waals surface area contributed by atoms with Crippen LogP contribution in [0.2, 0.25) is 0 Å². The molecule has 1 aromatic rings. The first-order valence-electron chi connectivity index (χ1n) is 7.59. The van der Waals surface area contributed by atoms with Gasteiger partial charge < -0.3 is 18.9 Å². The highest BCUT2D eigenvalue weighted by molar-refractivity contribution is 5.64. The van der Waals surface area contributed by atoms with Crippen molar-refractivity contribution in [3.63, 3.8) is 0 Å². The summed E-state index contributed by atoms with van der Waals surface area (Å²) in [6, 6.07) is 5.13. The molecule has 24 heavy (non-hydrogen) atoms. The number of carbonyl (C=O) groups excluding carboxylic acids is 1. The average Bonchev–Trinajstić information content (AvgIpc) is 3.02. The summed E-state index contributed by atoms with van der Waals surface area (Å²) in [5.74, 6) is 0.164. The molecule has 8 nitrogen and oxygen atoms in total. The fourth-order valence-electron chi connectivity index (χ4n) is 2.02. The van der Waals surface area contributed by atoms with Gasteiger partial charge in [-0.05, 0) is 18.6 Å². The van der Waals surface area contributed by atoms with Gasteiger partial charge in [-0.25, -0.2) is 4.79 Å². The maximum absolute atomic E-state index is 11.6. The number of ether oxygens (including phenoxy) is 4. The Morgan fingerprint density at radius 1 is 1.38 bits per heavy atom. The van der Waals surface area contributed by atoms with Crippen LogP contribution < -0.4 is 4.74 Å². The lowest BCUT2D eigenvalue weighted by Gasteiger charge is -2.10. The maximum Gasteiger partial charge on any atom is 0.513 e. The number of non-ortho nitro benzene ring substituents is 1. The fraction of sp³-hybridized carbons (Fsp3) is 0.438. The molecular formula is C16H19NO7. The van der Waals surface area contributed by atoms with Crippen molar-refractivity contribution in [1.82, 2.24) is 0 Å². The Labute approximate surface area is 139 Å². The SMILES string of the molecule is CC/C=C\CC1OCC(COC(=O)Oc2ccc([N+](=O)[O-])cc2)O1. The molecule has 130 valence electrons. The highest BCUT2D eigenvalue weighted by atomic mass is 16.8. The molecule has 0 aromatic heterocycles. The van der Waals surface area contributed by atoms with Crippen molar-refractivity contribution in [2.75, 3.05) is 13.2 Å². The van der Waals surface area contributed by atoms with E-state index in [9.17, 15) is 14.9 Å².